The average Bonchev–Trinajstić information content (AvgIpc) is 3.06. The Labute approximate surface area is 120 Å². The van der Waals surface area contributed by atoms with Crippen LogP contribution in [0.2, 0.25) is 0 Å². The Hall–Kier alpha value is -2.21. The fourth-order valence-electron chi connectivity index (χ4n) is 2.02. The van der Waals surface area contributed by atoms with Crippen LogP contribution in [0, 0.1) is 6.92 Å². The second-order valence-electron chi connectivity index (χ2n) is 4.50. The Morgan fingerprint density at radius 3 is 3.05 bits per heavy atom. The molecule has 0 spiro atoms. The number of benzene rings is 1. The van der Waals surface area contributed by atoms with Crippen molar-refractivity contribution in [1.82, 2.24) is 20.5 Å². The fourth-order valence-corrected chi connectivity index (χ4v) is 2.73. The van der Waals surface area contributed by atoms with Crippen LogP contribution in [0.3, 0.4) is 0 Å². The number of aromatic nitrogens is 3. The second kappa shape index (κ2) is 5.42. The molecule has 0 radical (unpaired) electrons. The second-order valence-corrected chi connectivity index (χ2v) is 5.77. The molecule has 3 aromatic rings. The Bertz CT molecular complexity index is 746. The molecule has 2 heterocycles. The highest BCUT2D eigenvalue weighted by Gasteiger charge is 2.07. The average molecular weight is 286 g/mol. The van der Waals surface area contributed by atoms with E-state index in [1.807, 2.05) is 37.4 Å². The maximum atomic E-state index is 12.1. The molecule has 0 saturated carbocycles. The molecular weight excluding hydrogens is 272 g/mol. The molecule has 6 heteroatoms. The third-order valence-electron chi connectivity index (χ3n) is 3.01. The molecule has 0 fully saturated rings. The van der Waals surface area contributed by atoms with Crippen LogP contribution < -0.4 is 5.32 Å². The summed E-state index contributed by atoms with van der Waals surface area (Å²) < 4.78 is 0. The van der Waals surface area contributed by atoms with Crippen LogP contribution in [-0.2, 0) is 6.42 Å². The van der Waals surface area contributed by atoms with Gasteiger partial charge in [-0.05, 0) is 31.2 Å². The number of fused-ring (bicyclic) bond motifs is 1. The van der Waals surface area contributed by atoms with Crippen molar-refractivity contribution < 1.29 is 4.79 Å². The monoisotopic (exact) mass is 286 g/mol. The summed E-state index contributed by atoms with van der Waals surface area (Å²) in [4.78, 5) is 15.2. The summed E-state index contributed by atoms with van der Waals surface area (Å²) in [6, 6.07) is 7.58. The van der Waals surface area contributed by atoms with E-state index < -0.39 is 0 Å². The highest BCUT2D eigenvalue weighted by molar-refractivity contribution is 7.11. The lowest BCUT2D eigenvalue weighted by atomic mass is 10.1. The van der Waals surface area contributed by atoms with Gasteiger partial charge in [-0.25, -0.2) is 0 Å². The van der Waals surface area contributed by atoms with Crippen molar-refractivity contribution >= 4 is 28.1 Å². The number of hydrogen-bond acceptors (Lipinski definition) is 4. The van der Waals surface area contributed by atoms with E-state index in [1.54, 1.807) is 11.3 Å². The van der Waals surface area contributed by atoms with Crippen molar-refractivity contribution in [2.24, 2.45) is 0 Å². The number of carbonyl (C=O) groups excluding carboxylic acids is 1. The summed E-state index contributed by atoms with van der Waals surface area (Å²) in [6.45, 7) is 2.49. The van der Waals surface area contributed by atoms with Crippen LogP contribution in [-0.4, -0.2) is 27.6 Å². The number of aromatic amines is 1. The van der Waals surface area contributed by atoms with E-state index in [-0.39, 0.29) is 5.91 Å². The largest absolute Gasteiger partial charge is 0.361 e. The van der Waals surface area contributed by atoms with Crippen LogP contribution in [0.25, 0.3) is 10.9 Å². The first-order chi connectivity index (χ1) is 9.72. The number of H-pyrrole nitrogens is 1. The molecule has 5 nitrogen and oxygen atoms in total. The predicted molar refractivity (Wildman–Crippen MR) is 79.0 cm³/mol. The maximum absolute atomic E-state index is 12.1. The van der Waals surface area contributed by atoms with Gasteiger partial charge in [-0.1, -0.05) is 0 Å². The van der Waals surface area contributed by atoms with Gasteiger partial charge in [0.15, 0.2) is 0 Å². The molecule has 20 heavy (non-hydrogen) atoms. The zero-order chi connectivity index (χ0) is 13.9. The van der Waals surface area contributed by atoms with Crippen molar-refractivity contribution in [3.63, 3.8) is 0 Å². The molecule has 0 aliphatic heterocycles. The highest BCUT2D eigenvalue weighted by Crippen LogP contribution is 2.14. The standard InChI is InChI=1S/C14H14N4OS/c1-9-17-18-13(20-9)5-7-16-14(19)11-2-3-12-10(8-11)4-6-15-12/h2-4,6,8,15H,5,7H2,1H3,(H,16,19). The van der Waals surface area contributed by atoms with Gasteiger partial charge in [-0.3, -0.25) is 4.79 Å². The Morgan fingerprint density at radius 1 is 1.35 bits per heavy atom. The first-order valence-corrected chi connectivity index (χ1v) is 7.18. The minimum Gasteiger partial charge on any atom is -0.361 e. The van der Waals surface area contributed by atoms with E-state index in [0.717, 1.165) is 20.9 Å². The summed E-state index contributed by atoms with van der Waals surface area (Å²) in [7, 11) is 0. The molecule has 1 amide bonds. The summed E-state index contributed by atoms with van der Waals surface area (Å²) in [6.07, 6.45) is 2.58. The minimum absolute atomic E-state index is 0.0608. The molecule has 0 atom stereocenters. The van der Waals surface area contributed by atoms with Gasteiger partial charge in [0, 0.05) is 35.6 Å². The Kier molecular flexibility index (Phi) is 3.47. The number of amides is 1. The number of aryl methyl sites for hydroxylation is 1. The predicted octanol–water partition coefficient (Wildman–Crippen LogP) is 2.30. The Balaban J connectivity index is 1.61. The zero-order valence-electron chi connectivity index (χ0n) is 11.0. The number of nitrogens with one attached hydrogen (secondary N) is 2. The van der Waals surface area contributed by atoms with Gasteiger partial charge in [0.25, 0.3) is 5.91 Å². The molecule has 0 aliphatic rings. The van der Waals surface area contributed by atoms with E-state index in [4.69, 9.17) is 0 Å². The van der Waals surface area contributed by atoms with Gasteiger partial charge in [0.2, 0.25) is 0 Å². The minimum atomic E-state index is -0.0608. The lowest BCUT2D eigenvalue weighted by Gasteiger charge is -2.04. The van der Waals surface area contributed by atoms with E-state index in [1.165, 1.54) is 0 Å². The molecule has 1 aromatic carbocycles. The molecule has 0 aliphatic carbocycles. The van der Waals surface area contributed by atoms with Gasteiger partial charge < -0.3 is 10.3 Å². The summed E-state index contributed by atoms with van der Waals surface area (Å²) >= 11 is 1.56. The SMILES string of the molecule is Cc1nnc(CCNC(=O)c2ccc3[nH]ccc3c2)s1. The van der Waals surface area contributed by atoms with Crippen molar-refractivity contribution in [3.05, 3.63) is 46.0 Å². The number of nitrogens with zero attached hydrogens (tertiary/aromatic N) is 2. The first-order valence-electron chi connectivity index (χ1n) is 6.37. The van der Waals surface area contributed by atoms with Crippen molar-refractivity contribution in [1.29, 1.82) is 0 Å². The summed E-state index contributed by atoms with van der Waals surface area (Å²) in [5, 5.41) is 13.8. The van der Waals surface area contributed by atoms with Crippen LogP contribution in [0.1, 0.15) is 20.4 Å². The lowest BCUT2D eigenvalue weighted by Crippen LogP contribution is -2.25. The maximum Gasteiger partial charge on any atom is 0.251 e. The quantitative estimate of drug-likeness (QED) is 0.773. The number of carbonyl (C=O) groups is 1. The molecule has 0 unspecified atom stereocenters. The van der Waals surface area contributed by atoms with Gasteiger partial charge >= 0.3 is 0 Å². The smallest absolute Gasteiger partial charge is 0.251 e. The van der Waals surface area contributed by atoms with Gasteiger partial charge in [-0.15, -0.1) is 21.5 Å². The molecule has 0 bridgehead atoms. The molecule has 102 valence electrons. The van der Waals surface area contributed by atoms with E-state index >= 15 is 0 Å². The zero-order valence-corrected chi connectivity index (χ0v) is 11.8. The van der Waals surface area contributed by atoms with Crippen LogP contribution in [0.5, 0.6) is 0 Å². The van der Waals surface area contributed by atoms with E-state index in [0.29, 0.717) is 18.5 Å². The third-order valence-corrected chi connectivity index (χ3v) is 3.91. The third kappa shape index (κ3) is 2.70. The number of hydrogen-bond donors (Lipinski definition) is 2. The van der Waals surface area contributed by atoms with Gasteiger partial charge in [0.05, 0.1) is 0 Å². The van der Waals surface area contributed by atoms with Crippen LogP contribution in [0.4, 0.5) is 0 Å². The van der Waals surface area contributed by atoms with Crippen LogP contribution >= 0.6 is 11.3 Å². The number of rotatable bonds is 4. The topological polar surface area (TPSA) is 70.7 Å². The summed E-state index contributed by atoms with van der Waals surface area (Å²) in [5.74, 6) is -0.0608. The van der Waals surface area contributed by atoms with Gasteiger partial charge in [0.1, 0.15) is 10.0 Å². The molecule has 2 aromatic heterocycles. The van der Waals surface area contributed by atoms with Crippen LogP contribution in [0.15, 0.2) is 30.5 Å². The molecular formula is C14H14N4OS. The van der Waals surface area contributed by atoms with E-state index in [9.17, 15) is 4.79 Å². The van der Waals surface area contributed by atoms with Crippen molar-refractivity contribution in [2.75, 3.05) is 6.54 Å². The van der Waals surface area contributed by atoms with Crippen molar-refractivity contribution in [3.8, 4) is 0 Å². The molecule has 3 rings (SSSR count). The fraction of sp³-hybridized carbons (Fsp3) is 0.214. The van der Waals surface area contributed by atoms with Crippen molar-refractivity contribution in [2.45, 2.75) is 13.3 Å². The first kappa shape index (κ1) is 12.8. The Morgan fingerprint density at radius 2 is 2.25 bits per heavy atom. The normalized spacial score (nSPS) is 10.8. The highest BCUT2D eigenvalue weighted by atomic mass is 32.1. The van der Waals surface area contributed by atoms with Gasteiger partial charge in [-0.2, -0.15) is 0 Å². The molecule has 2 N–H and O–H groups in total. The lowest BCUT2D eigenvalue weighted by molar-refractivity contribution is 0.0954. The molecule has 0 saturated heterocycles. The van der Waals surface area contributed by atoms with E-state index in [2.05, 4.69) is 20.5 Å². The summed E-state index contributed by atoms with van der Waals surface area (Å²) in [5.41, 5.74) is 1.71.